The van der Waals surface area contributed by atoms with E-state index >= 15 is 0 Å². The van der Waals surface area contributed by atoms with E-state index in [-0.39, 0.29) is 29.7 Å². The van der Waals surface area contributed by atoms with Crippen LogP contribution in [0.5, 0.6) is 0 Å². The third-order valence-electron chi connectivity index (χ3n) is 2.06. The van der Waals surface area contributed by atoms with E-state index in [4.69, 9.17) is 9.84 Å². The summed E-state index contributed by atoms with van der Waals surface area (Å²) in [5.74, 6) is -1.38. The Morgan fingerprint density at radius 2 is 2.16 bits per heavy atom. The number of hydrogen-bond acceptors (Lipinski definition) is 5. The van der Waals surface area contributed by atoms with Crippen molar-refractivity contribution < 1.29 is 23.1 Å². The molecule has 7 nitrogen and oxygen atoms in total. The molecule has 1 aromatic heterocycles. The number of pyridine rings is 1. The summed E-state index contributed by atoms with van der Waals surface area (Å²) in [6.45, 7) is 3.68. The predicted molar refractivity (Wildman–Crippen MR) is 69.7 cm³/mol. The van der Waals surface area contributed by atoms with Crippen molar-refractivity contribution in [3.8, 4) is 0 Å². The van der Waals surface area contributed by atoms with Gasteiger partial charge >= 0.3 is 5.97 Å². The van der Waals surface area contributed by atoms with Crippen molar-refractivity contribution in [1.29, 1.82) is 0 Å². The minimum Gasteiger partial charge on any atom is -0.478 e. The van der Waals surface area contributed by atoms with Gasteiger partial charge in [-0.25, -0.2) is 13.2 Å². The van der Waals surface area contributed by atoms with Gasteiger partial charge in [0.25, 0.3) is 0 Å². The predicted octanol–water partition coefficient (Wildman–Crippen LogP) is 0.946. The van der Waals surface area contributed by atoms with Gasteiger partial charge in [-0.15, -0.1) is 0 Å². The molecule has 0 amide bonds. The molecule has 0 atom stereocenters. The SMILES string of the molecule is CC(C)OCCS(=O)(=O)Nc1cncc(C(=O)O)c1. The number of hydrogen-bond donors (Lipinski definition) is 2. The second-order valence-electron chi connectivity index (χ2n) is 4.11. The fourth-order valence-corrected chi connectivity index (χ4v) is 2.13. The molecule has 1 heterocycles. The van der Waals surface area contributed by atoms with Gasteiger partial charge in [0, 0.05) is 6.20 Å². The Bertz CT molecular complexity index is 542. The van der Waals surface area contributed by atoms with Crippen molar-refractivity contribution in [3.05, 3.63) is 24.0 Å². The number of carboxylic acid groups (broad SMARTS) is 1. The normalized spacial score (nSPS) is 11.5. The maximum atomic E-state index is 11.7. The lowest BCUT2D eigenvalue weighted by Crippen LogP contribution is -2.21. The molecule has 0 bridgehead atoms. The second-order valence-corrected chi connectivity index (χ2v) is 5.95. The fourth-order valence-electron chi connectivity index (χ4n) is 1.24. The first-order chi connectivity index (χ1) is 8.80. The van der Waals surface area contributed by atoms with Crippen LogP contribution in [0.25, 0.3) is 0 Å². The highest BCUT2D eigenvalue weighted by atomic mass is 32.2. The van der Waals surface area contributed by atoms with Crippen molar-refractivity contribution in [1.82, 2.24) is 4.98 Å². The van der Waals surface area contributed by atoms with Gasteiger partial charge in [-0.1, -0.05) is 0 Å². The van der Waals surface area contributed by atoms with Gasteiger partial charge in [0.15, 0.2) is 0 Å². The third kappa shape index (κ3) is 5.66. The molecule has 0 aliphatic heterocycles. The average molecular weight is 288 g/mol. The number of aromatic carboxylic acids is 1. The van der Waals surface area contributed by atoms with Crippen LogP contribution in [-0.4, -0.2) is 42.9 Å². The number of aromatic nitrogens is 1. The molecular formula is C11H16N2O5S. The summed E-state index contributed by atoms with van der Waals surface area (Å²) in [7, 11) is -3.58. The summed E-state index contributed by atoms with van der Waals surface area (Å²) in [4.78, 5) is 14.4. The zero-order valence-corrected chi connectivity index (χ0v) is 11.5. The van der Waals surface area contributed by atoms with Crippen LogP contribution in [0.1, 0.15) is 24.2 Å². The Labute approximate surface area is 111 Å². The first-order valence-electron chi connectivity index (χ1n) is 5.60. The third-order valence-corrected chi connectivity index (χ3v) is 3.31. The van der Waals surface area contributed by atoms with Crippen molar-refractivity contribution >= 4 is 21.7 Å². The Hall–Kier alpha value is -1.67. The Morgan fingerprint density at radius 1 is 1.47 bits per heavy atom. The van der Waals surface area contributed by atoms with Crippen LogP contribution in [-0.2, 0) is 14.8 Å². The van der Waals surface area contributed by atoms with E-state index in [1.54, 1.807) is 13.8 Å². The number of ether oxygens (including phenoxy) is 1. The van der Waals surface area contributed by atoms with Crippen LogP contribution in [0, 0.1) is 0 Å². The molecule has 0 radical (unpaired) electrons. The fraction of sp³-hybridized carbons (Fsp3) is 0.455. The van der Waals surface area contributed by atoms with E-state index in [2.05, 4.69) is 9.71 Å². The number of nitrogens with one attached hydrogen (secondary N) is 1. The monoisotopic (exact) mass is 288 g/mol. The average Bonchev–Trinajstić information content (AvgIpc) is 2.27. The molecular weight excluding hydrogens is 272 g/mol. The highest BCUT2D eigenvalue weighted by Crippen LogP contribution is 2.10. The van der Waals surface area contributed by atoms with Crippen molar-refractivity contribution in [2.45, 2.75) is 20.0 Å². The number of anilines is 1. The summed E-state index contributed by atoms with van der Waals surface area (Å²) in [5.41, 5.74) is 0.0306. The molecule has 1 aromatic rings. The van der Waals surface area contributed by atoms with Gasteiger partial charge in [-0.3, -0.25) is 9.71 Å². The topological polar surface area (TPSA) is 106 Å². The van der Waals surface area contributed by atoms with E-state index in [1.165, 1.54) is 12.3 Å². The number of carboxylic acids is 1. The van der Waals surface area contributed by atoms with Gasteiger partial charge in [-0.2, -0.15) is 0 Å². The highest BCUT2D eigenvalue weighted by Gasteiger charge is 2.12. The quantitative estimate of drug-likeness (QED) is 0.773. The van der Waals surface area contributed by atoms with Gasteiger partial charge in [-0.05, 0) is 19.9 Å². The molecule has 0 unspecified atom stereocenters. The Balaban J connectivity index is 2.67. The standard InChI is InChI=1S/C11H16N2O5S/c1-8(2)18-3-4-19(16,17)13-10-5-9(11(14)15)6-12-7-10/h5-8,13H,3-4H2,1-2H3,(H,14,15). The molecule has 19 heavy (non-hydrogen) atoms. The maximum Gasteiger partial charge on any atom is 0.337 e. The Morgan fingerprint density at radius 3 is 2.74 bits per heavy atom. The van der Waals surface area contributed by atoms with E-state index in [1.807, 2.05) is 0 Å². The molecule has 8 heteroatoms. The van der Waals surface area contributed by atoms with Gasteiger partial charge in [0.2, 0.25) is 10.0 Å². The van der Waals surface area contributed by atoms with Gasteiger partial charge < -0.3 is 9.84 Å². The lowest BCUT2D eigenvalue weighted by atomic mass is 10.3. The van der Waals surface area contributed by atoms with E-state index in [0.717, 1.165) is 6.20 Å². The molecule has 0 fully saturated rings. The molecule has 0 saturated heterocycles. The molecule has 0 saturated carbocycles. The molecule has 0 aromatic carbocycles. The van der Waals surface area contributed by atoms with Crippen molar-refractivity contribution in [2.24, 2.45) is 0 Å². The van der Waals surface area contributed by atoms with Crippen LogP contribution in [0.3, 0.4) is 0 Å². The molecule has 0 spiro atoms. The molecule has 0 aliphatic rings. The highest BCUT2D eigenvalue weighted by molar-refractivity contribution is 7.92. The minimum absolute atomic E-state index is 0.0489. The van der Waals surface area contributed by atoms with Crippen LogP contribution in [0.15, 0.2) is 18.5 Å². The van der Waals surface area contributed by atoms with E-state index < -0.39 is 16.0 Å². The molecule has 2 N–H and O–H groups in total. The summed E-state index contributed by atoms with van der Waals surface area (Å²) in [5, 5.41) is 8.77. The maximum absolute atomic E-state index is 11.7. The zero-order chi connectivity index (χ0) is 14.5. The summed E-state index contributed by atoms with van der Waals surface area (Å²) < 4.78 is 30.8. The van der Waals surface area contributed by atoms with Crippen molar-refractivity contribution in [3.63, 3.8) is 0 Å². The molecule has 0 aliphatic carbocycles. The smallest absolute Gasteiger partial charge is 0.337 e. The summed E-state index contributed by atoms with van der Waals surface area (Å²) in [6.07, 6.45) is 2.34. The Kier molecular flexibility index (Phi) is 5.25. The summed E-state index contributed by atoms with van der Waals surface area (Å²) >= 11 is 0. The van der Waals surface area contributed by atoms with E-state index in [0.29, 0.717) is 0 Å². The zero-order valence-electron chi connectivity index (χ0n) is 10.7. The molecule has 1 rings (SSSR count). The first kappa shape index (κ1) is 15.4. The van der Waals surface area contributed by atoms with Crippen LogP contribution < -0.4 is 4.72 Å². The number of rotatable bonds is 7. The lowest BCUT2D eigenvalue weighted by Gasteiger charge is -2.10. The van der Waals surface area contributed by atoms with Crippen LogP contribution >= 0.6 is 0 Å². The van der Waals surface area contributed by atoms with Crippen molar-refractivity contribution in [2.75, 3.05) is 17.1 Å². The van der Waals surface area contributed by atoms with Gasteiger partial charge in [0.05, 0.1) is 35.9 Å². The minimum atomic E-state index is -3.58. The first-order valence-corrected chi connectivity index (χ1v) is 7.26. The van der Waals surface area contributed by atoms with Crippen LogP contribution in [0.2, 0.25) is 0 Å². The molecule has 106 valence electrons. The number of carbonyl (C=O) groups is 1. The van der Waals surface area contributed by atoms with Gasteiger partial charge in [0.1, 0.15) is 0 Å². The lowest BCUT2D eigenvalue weighted by molar-refractivity contribution is 0.0696. The van der Waals surface area contributed by atoms with Crippen LogP contribution in [0.4, 0.5) is 5.69 Å². The second kappa shape index (κ2) is 6.48. The largest absolute Gasteiger partial charge is 0.478 e. The summed E-state index contributed by atoms with van der Waals surface area (Å²) in [6, 6.07) is 1.20. The number of nitrogens with zero attached hydrogens (tertiary/aromatic N) is 1. The number of sulfonamides is 1. The van der Waals surface area contributed by atoms with E-state index in [9.17, 15) is 13.2 Å².